The zero-order valence-corrected chi connectivity index (χ0v) is 15.7. The lowest BCUT2D eigenvalue weighted by atomic mass is 10.2. The van der Waals surface area contributed by atoms with Gasteiger partial charge in [0.25, 0.3) is 5.91 Å². The number of ether oxygens (including phenoxy) is 4. The first-order valence-corrected chi connectivity index (χ1v) is 8.17. The van der Waals surface area contributed by atoms with E-state index in [4.69, 9.17) is 18.9 Å². The van der Waals surface area contributed by atoms with Gasteiger partial charge in [-0.2, -0.15) is 0 Å². The Morgan fingerprint density at radius 2 is 1.71 bits per heavy atom. The lowest BCUT2D eigenvalue weighted by Gasteiger charge is -2.14. The van der Waals surface area contributed by atoms with Gasteiger partial charge in [-0.05, 0) is 23.8 Å². The molecule has 2 aromatic carbocycles. The number of esters is 1. The van der Waals surface area contributed by atoms with Crippen LogP contribution in [0, 0.1) is 5.82 Å². The third-order valence-electron chi connectivity index (χ3n) is 3.55. The molecule has 0 aliphatic rings. The average molecular weight is 389 g/mol. The zero-order valence-electron chi connectivity index (χ0n) is 15.7. The molecule has 7 nitrogen and oxygen atoms in total. The fraction of sp³-hybridized carbons (Fsp3) is 0.200. The molecular formula is C20H20FNO6. The number of hydrogen-bond donors (Lipinski definition) is 1. The maximum Gasteiger partial charge on any atom is 0.331 e. The molecule has 2 aromatic rings. The summed E-state index contributed by atoms with van der Waals surface area (Å²) in [5.74, 6) is -0.581. The molecule has 0 bridgehead atoms. The number of halogens is 1. The topological polar surface area (TPSA) is 83.1 Å². The van der Waals surface area contributed by atoms with Gasteiger partial charge in [0, 0.05) is 23.9 Å². The van der Waals surface area contributed by atoms with Gasteiger partial charge in [-0.3, -0.25) is 4.79 Å². The van der Waals surface area contributed by atoms with Crippen molar-refractivity contribution in [2.75, 3.05) is 33.3 Å². The van der Waals surface area contributed by atoms with E-state index in [-0.39, 0.29) is 0 Å². The number of rotatable bonds is 8. The number of methoxy groups -OCH3 is 3. The van der Waals surface area contributed by atoms with Crippen molar-refractivity contribution >= 4 is 23.6 Å². The molecule has 0 saturated heterocycles. The van der Waals surface area contributed by atoms with Crippen LogP contribution in [-0.4, -0.2) is 39.8 Å². The molecule has 8 heteroatoms. The molecule has 0 aromatic heterocycles. The third kappa shape index (κ3) is 5.73. The van der Waals surface area contributed by atoms with Crippen LogP contribution in [0.4, 0.5) is 10.1 Å². The third-order valence-corrected chi connectivity index (χ3v) is 3.55. The highest BCUT2D eigenvalue weighted by Crippen LogP contribution is 2.39. The zero-order chi connectivity index (χ0) is 20.5. The predicted octanol–water partition coefficient (Wildman–Crippen LogP) is 3.05. The van der Waals surface area contributed by atoms with E-state index in [9.17, 15) is 14.0 Å². The Hall–Kier alpha value is -3.55. The largest absolute Gasteiger partial charge is 0.493 e. The minimum atomic E-state index is -0.732. The average Bonchev–Trinajstić information content (AvgIpc) is 2.69. The molecule has 0 fully saturated rings. The van der Waals surface area contributed by atoms with E-state index < -0.39 is 24.3 Å². The van der Waals surface area contributed by atoms with Gasteiger partial charge in [-0.1, -0.05) is 12.1 Å². The van der Waals surface area contributed by atoms with Crippen LogP contribution < -0.4 is 19.5 Å². The van der Waals surface area contributed by atoms with Crippen molar-refractivity contribution in [2.45, 2.75) is 0 Å². The summed E-state index contributed by atoms with van der Waals surface area (Å²) in [5, 5.41) is 2.57. The van der Waals surface area contributed by atoms with Crippen LogP contribution in [0.15, 0.2) is 42.5 Å². The molecule has 1 N–H and O–H groups in total. The SMILES string of the molecule is COc1cc(NC(=O)COC(=O)/C=C/c2cccc(F)c2)cc(OC)c1OC. The second-order valence-corrected chi connectivity index (χ2v) is 5.46. The summed E-state index contributed by atoms with van der Waals surface area (Å²) in [4.78, 5) is 23.7. The van der Waals surface area contributed by atoms with Crippen LogP contribution in [0.2, 0.25) is 0 Å². The highest BCUT2D eigenvalue weighted by Gasteiger charge is 2.15. The monoisotopic (exact) mass is 389 g/mol. The molecule has 0 heterocycles. The van der Waals surface area contributed by atoms with Crippen molar-refractivity contribution in [3.8, 4) is 17.2 Å². The smallest absolute Gasteiger partial charge is 0.331 e. The number of benzene rings is 2. The molecule has 2 rings (SSSR count). The Balaban J connectivity index is 1.94. The van der Waals surface area contributed by atoms with Crippen molar-refractivity contribution in [2.24, 2.45) is 0 Å². The van der Waals surface area contributed by atoms with Crippen LogP contribution in [0.3, 0.4) is 0 Å². The summed E-state index contributed by atoms with van der Waals surface area (Å²) in [7, 11) is 4.38. The number of amides is 1. The Morgan fingerprint density at radius 1 is 1.04 bits per heavy atom. The van der Waals surface area contributed by atoms with Gasteiger partial charge in [-0.25, -0.2) is 9.18 Å². The number of hydrogen-bond acceptors (Lipinski definition) is 6. The van der Waals surface area contributed by atoms with Crippen LogP contribution in [0.5, 0.6) is 17.2 Å². The first-order chi connectivity index (χ1) is 13.5. The standard InChI is InChI=1S/C20H20FNO6/c1-25-16-10-15(11-17(26-2)20(16)27-3)22-18(23)12-28-19(24)8-7-13-5-4-6-14(21)9-13/h4-11H,12H2,1-3H3,(H,22,23)/b8-7+. The molecular weight excluding hydrogens is 369 g/mol. The molecule has 0 unspecified atom stereocenters. The first kappa shape index (κ1) is 20.8. The predicted molar refractivity (Wildman–Crippen MR) is 101 cm³/mol. The van der Waals surface area contributed by atoms with Crippen LogP contribution in [0.1, 0.15) is 5.56 Å². The first-order valence-electron chi connectivity index (χ1n) is 8.17. The summed E-state index contributed by atoms with van der Waals surface area (Å²) >= 11 is 0. The minimum absolute atomic E-state index is 0.368. The van der Waals surface area contributed by atoms with Crippen molar-refractivity contribution < 1.29 is 32.9 Å². The molecule has 1 amide bonds. The van der Waals surface area contributed by atoms with Crippen molar-refractivity contribution in [1.29, 1.82) is 0 Å². The molecule has 0 aliphatic carbocycles. The van der Waals surface area contributed by atoms with E-state index in [2.05, 4.69) is 5.32 Å². The van der Waals surface area contributed by atoms with Crippen LogP contribution in [0.25, 0.3) is 6.08 Å². The van der Waals surface area contributed by atoms with Crippen molar-refractivity contribution in [3.05, 3.63) is 53.9 Å². The van der Waals surface area contributed by atoms with Crippen LogP contribution in [-0.2, 0) is 14.3 Å². The van der Waals surface area contributed by atoms with Gasteiger partial charge in [0.15, 0.2) is 18.1 Å². The quantitative estimate of drug-likeness (QED) is 0.552. The summed E-state index contributed by atoms with van der Waals surface area (Å²) in [6.45, 7) is -0.497. The van der Waals surface area contributed by atoms with E-state index in [1.165, 1.54) is 45.6 Å². The van der Waals surface area contributed by atoms with Crippen molar-refractivity contribution in [1.82, 2.24) is 0 Å². The van der Waals surface area contributed by atoms with E-state index in [0.717, 1.165) is 6.08 Å². The highest BCUT2D eigenvalue weighted by atomic mass is 19.1. The summed E-state index contributed by atoms with van der Waals surface area (Å²) in [6, 6.07) is 8.80. The van der Waals surface area contributed by atoms with Crippen LogP contribution >= 0.6 is 0 Å². The van der Waals surface area contributed by atoms with Gasteiger partial charge in [0.1, 0.15) is 5.82 Å². The molecule has 0 radical (unpaired) electrons. The lowest BCUT2D eigenvalue weighted by molar-refractivity contribution is -0.142. The molecule has 0 saturated carbocycles. The normalized spacial score (nSPS) is 10.4. The van der Waals surface area contributed by atoms with Gasteiger partial charge in [0.2, 0.25) is 5.75 Å². The Kier molecular flexibility index (Phi) is 7.38. The maximum absolute atomic E-state index is 13.1. The van der Waals surface area contributed by atoms with Gasteiger partial charge >= 0.3 is 5.97 Å². The van der Waals surface area contributed by atoms with Gasteiger partial charge < -0.3 is 24.3 Å². The highest BCUT2D eigenvalue weighted by molar-refractivity contribution is 5.95. The number of carbonyl (C=O) groups is 2. The molecule has 0 atom stereocenters. The van der Waals surface area contributed by atoms with E-state index >= 15 is 0 Å². The number of nitrogens with one attached hydrogen (secondary N) is 1. The second kappa shape index (κ2) is 9.96. The molecule has 0 aliphatic heterocycles. The van der Waals surface area contributed by atoms with Gasteiger partial charge in [0.05, 0.1) is 21.3 Å². The Labute approximate surface area is 161 Å². The van der Waals surface area contributed by atoms with Crippen molar-refractivity contribution in [3.63, 3.8) is 0 Å². The minimum Gasteiger partial charge on any atom is -0.493 e. The van der Waals surface area contributed by atoms with E-state index in [1.54, 1.807) is 18.2 Å². The number of anilines is 1. The maximum atomic E-state index is 13.1. The van der Waals surface area contributed by atoms with Gasteiger partial charge in [-0.15, -0.1) is 0 Å². The fourth-order valence-corrected chi connectivity index (χ4v) is 2.31. The Bertz CT molecular complexity index is 856. The summed E-state index contributed by atoms with van der Waals surface area (Å²) in [5.41, 5.74) is 0.879. The molecule has 28 heavy (non-hydrogen) atoms. The fourth-order valence-electron chi connectivity index (χ4n) is 2.31. The number of carbonyl (C=O) groups excluding carboxylic acids is 2. The lowest BCUT2D eigenvalue weighted by Crippen LogP contribution is -2.20. The second-order valence-electron chi connectivity index (χ2n) is 5.46. The summed E-state index contributed by atoms with van der Waals surface area (Å²) in [6.07, 6.45) is 2.50. The molecule has 0 spiro atoms. The molecule has 148 valence electrons. The van der Waals surface area contributed by atoms with E-state index in [0.29, 0.717) is 28.5 Å². The Morgan fingerprint density at radius 3 is 2.29 bits per heavy atom. The van der Waals surface area contributed by atoms with E-state index in [1.807, 2.05) is 0 Å². The summed E-state index contributed by atoms with van der Waals surface area (Å²) < 4.78 is 33.6.